The van der Waals surface area contributed by atoms with Gasteiger partial charge in [-0.3, -0.25) is 14.5 Å². The molecular weight excluding hydrogens is 361 g/mol. The first-order valence-electron chi connectivity index (χ1n) is 7.63. The summed E-state index contributed by atoms with van der Waals surface area (Å²) in [6.45, 7) is 2.12. The molecule has 0 aromatic heterocycles. The summed E-state index contributed by atoms with van der Waals surface area (Å²) in [4.78, 5) is 25.7. The molecule has 0 heterocycles. The lowest BCUT2D eigenvalue weighted by Crippen LogP contribution is -2.36. The summed E-state index contributed by atoms with van der Waals surface area (Å²) in [6, 6.07) is 12.4. The van der Waals surface area contributed by atoms with Crippen LogP contribution in [0.1, 0.15) is 5.56 Å². The zero-order valence-corrected chi connectivity index (χ0v) is 15.5. The number of likely N-dealkylation sites (N-methyl/N-ethyl adjacent to an activating group) is 1. The van der Waals surface area contributed by atoms with Gasteiger partial charge in [-0.15, -0.1) is 0 Å². The molecule has 0 aliphatic heterocycles. The van der Waals surface area contributed by atoms with E-state index >= 15 is 0 Å². The summed E-state index contributed by atoms with van der Waals surface area (Å²) in [7, 11) is 1.70. The monoisotopic (exact) mass is 379 g/mol. The van der Waals surface area contributed by atoms with Gasteiger partial charge in [0.1, 0.15) is 0 Å². The van der Waals surface area contributed by atoms with Crippen molar-refractivity contribution in [2.24, 2.45) is 0 Å². The SMILES string of the molecule is Cc1cccc(NC(=O)CN(C)CC(=O)Nc2ccc(Cl)c(Cl)c2)c1. The third kappa shape index (κ3) is 6.38. The van der Waals surface area contributed by atoms with E-state index in [4.69, 9.17) is 23.2 Å². The molecule has 0 aliphatic rings. The van der Waals surface area contributed by atoms with Crippen LogP contribution in [-0.2, 0) is 9.59 Å². The number of hydrogen-bond acceptors (Lipinski definition) is 3. The molecule has 2 aromatic carbocycles. The van der Waals surface area contributed by atoms with E-state index in [0.717, 1.165) is 11.3 Å². The summed E-state index contributed by atoms with van der Waals surface area (Å²) in [5.74, 6) is -0.431. The number of amides is 2. The number of carbonyl (C=O) groups is 2. The van der Waals surface area contributed by atoms with Crippen molar-refractivity contribution in [1.82, 2.24) is 4.90 Å². The van der Waals surface area contributed by atoms with E-state index in [1.165, 1.54) is 0 Å². The molecule has 5 nitrogen and oxygen atoms in total. The van der Waals surface area contributed by atoms with Crippen LogP contribution < -0.4 is 10.6 Å². The van der Waals surface area contributed by atoms with Crippen LogP contribution in [0.25, 0.3) is 0 Å². The van der Waals surface area contributed by atoms with E-state index in [2.05, 4.69) is 10.6 Å². The fraction of sp³-hybridized carbons (Fsp3) is 0.222. The van der Waals surface area contributed by atoms with Gasteiger partial charge in [0.25, 0.3) is 0 Å². The van der Waals surface area contributed by atoms with Crippen molar-refractivity contribution in [2.45, 2.75) is 6.92 Å². The van der Waals surface area contributed by atoms with Crippen LogP contribution in [0.2, 0.25) is 10.0 Å². The molecular formula is C18H19Cl2N3O2. The van der Waals surface area contributed by atoms with Crippen molar-refractivity contribution in [2.75, 3.05) is 30.8 Å². The highest BCUT2D eigenvalue weighted by molar-refractivity contribution is 6.42. The van der Waals surface area contributed by atoms with Gasteiger partial charge in [-0.25, -0.2) is 0 Å². The molecule has 2 N–H and O–H groups in total. The van der Waals surface area contributed by atoms with Crippen LogP contribution in [0.15, 0.2) is 42.5 Å². The van der Waals surface area contributed by atoms with Gasteiger partial charge < -0.3 is 10.6 Å². The predicted octanol–water partition coefficient (Wildman–Crippen LogP) is 3.81. The second kappa shape index (κ2) is 8.85. The van der Waals surface area contributed by atoms with Gasteiger partial charge in [-0.1, -0.05) is 35.3 Å². The number of anilines is 2. The smallest absolute Gasteiger partial charge is 0.238 e. The molecule has 0 unspecified atom stereocenters. The molecule has 0 atom stereocenters. The van der Waals surface area contributed by atoms with Crippen molar-refractivity contribution in [3.05, 3.63) is 58.1 Å². The Balaban J connectivity index is 1.82. The number of aryl methyl sites for hydroxylation is 1. The van der Waals surface area contributed by atoms with Crippen molar-refractivity contribution in [3.63, 3.8) is 0 Å². The molecule has 132 valence electrons. The molecule has 2 rings (SSSR count). The average molecular weight is 380 g/mol. The van der Waals surface area contributed by atoms with Gasteiger partial charge in [0.15, 0.2) is 0 Å². The lowest BCUT2D eigenvalue weighted by Gasteiger charge is -2.16. The van der Waals surface area contributed by atoms with Crippen molar-refractivity contribution < 1.29 is 9.59 Å². The number of halogens is 2. The van der Waals surface area contributed by atoms with Gasteiger partial charge in [0.2, 0.25) is 11.8 Å². The van der Waals surface area contributed by atoms with E-state index in [1.807, 2.05) is 31.2 Å². The third-order valence-corrected chi connectivity index (χ3v) is 4.07. The maximum Gasteiger partial charge on any atom is 0.238 e. The van der Waals surface area contributed by atoms with Crippen LogP contribution in [0.4, 0.5) is 11.4 Å². The van der Waals surface area contributed by atoms with Crippen LogP contribution in [-0.4, -0.2) is 36.9 Å². The van der Waals surface area contributed by atoms with Gasteiger partial charge in [0, 0.05) is 11.4 Å². The summed E-state index contributed by atoms with van der Waals surface area (Å²) >= 11 is 11.8. The van der Waals surface area contributed by atoms with Crippen LogP contribution in [0.3, 0.4) is 0 Å². The highest BCUT2D eigenvalue weighted by Crippen LogP contribution is 2.24. The minimum Gasteiger partial charge on any atom is -0.325 e. The Morgan fingerprint density at radius 3 is 2.08 bits per heavy atom. The number of rotatable bonds is 6. The first-order chi connectivity index (χ1) is 11.8. The molecule has 0 saturated heterocycles. The van der Waals surface area contributed by atoms with E-state index in [1.54, 1.807) is 30.1 Å². The highest BCUT2D eigenvalue weighted by atomic mass is 35.5. The molecule has 0 radical (unpaired) electrons. The van der Waals surface area contributed by atoms with Crippen molar-refractivity contribution in [3.8, 4) is 0 Å². The number of nitrogens with zero attached hydrogens (tertiary/aromatic N) is 1. The molecule has 0 saturated carbocycles. The van der Waals surface area contributed by atoms with Crippen LogP contribution in [0.5, 0.6) is 0 Å². The third-order valence-electron chi connectivity index (χ3n) is 3.33. The molecule has 0 spiro atoms. The summed E-state index contributed by atoms with van der Waals surface area (Å²) in [6.07, 6.45) is 0. The van der Waals surface area contributed by atoms with Gasteiger partial charge in [-0.05, 0) is 49.9 Å². The lowest BCUT2D eigenvalue weighted by molar-refractivity contribution is -0.119. The fourth-order valence-corrected chi connectivity index (χ4v) is 2.54. The van der Waals surface area contributed by atoms with E-state index in [-0.39, 0.29) is 24.9 Å². The standard InChI is InChI=1S/C18H19Cl2N3O2/c1-12-4-3-5-13(8-12)21-17(24)10-23(2)11-18(25)22-14-6-7-15(19)16(20)9-14/h3-9H,10-11H2,1-2H3,(H,21,24)(H,22,25). The minimum atomic E-state index is -0.246. The molecule has 2 aromatic rings. The van der Waals surface area contributed by atoms with Gasteiger partial charge in [0.05, 0.1) is 23.1 Å². The Hall–Kier alpha value is -2.08. The normalized spacial score (nSPS) is 10.6. The minimum absolute atomic E-state index is 0.0709. The Bertz CT molecular complexity index is 781. The van der Waals surface area contributed by atoms with Gasteiger partial charge >= 0.3 is 0 Å². The van der Waals surface area contributed by atoms with E-state index < -0.39 is 0 Å². The van der Waals surface area contributed by atoms with Crippen LogP contribution in [0, 0.1) is 6.92 Å². The Morgan fingerprint density at radius 1 is 0.920 bits per heavy atom. The van der Waals surface area contributed by atoms with Crippen molar-refractivity contribution >= 4 is 46.4 Å². The lowest BCUT2D eigenvalue weighted by atomic mass is 10.2. The average Bonchev–Trinajstić information content (AvgIpc) is 2.50. The van der Waals surface area contributed by atoms with Crippen LogP contribution >= 0.6 is 23.2 Å². The fourth-order valence-electron chi connectivity index (χ4n) is 2.24. The second-order valence-corrected chi connectivity index (χ2v) is 6.58. The first kappa shape index (κ1) is 19.2. The zero-order chi connectivity index (χ0) is 18.4. The molecule has 0 bridgehead atoms. The molecule has 0 aliphatic carbocycles. The highest BCUT2D eigenvalue weighted by Gasteiger charge is 2.12. The summed E-state index contributed by atoms with van der Waals surface area (Å²) < 4.78 is 0. The molecule has 0 fully saturated rings. The quantitative estimate of drug-likeness (QED) is 0.801. The summed E-state index contributed by atoms with van der Waals surface area (Å²) in [5, 5.41) is 6.31. The Labute approximate surface area is 156 Å². The maximum absolute atomic E-state index is 12.0. The zero-order valence-electron chi connectivity index (χ0n) is 14.0. The number of carbonyl (C=O) groups excluding carboxylic acids is 2. The number of benzene rings is 2. The largest absolute Gasteiger partial charge is 0.325 e. The number of hydrogen-bond donors (Lipinski definition) is 2. The van der Waals surface area contributed by atoms with Crippen molar-refractivity contribution in [1.29, 1.82) is 0 Å². The summed E-state index contributed by atoms with van der Waals surface area (Å²) in [5.41, 5.74) is 2.35. The maximum atomic E-state index is 12.0. The molecule has 2 amide bonds. The van der Waals surface area contributed by atoms with Gasteiger partial charge in [-0.2, -0.15) is 0 Å². The Kier molecular flexibility index (Phi) is 6.82. The second-order valence-electron chi connectivity index (χ2n) is 5.77. The topological polar surface area (TPSA) is 61.4 Å². The predicted molar refractivity (Wildman–Crippen MR) is 102 cm³/mol. The van der Waals surface area contributed by atoms with E-state index in [9.17, 15) is 9.59 Å². The van der Waals surface area contributed by atoms with E-state index in [0.29, 0.717) is 15.7 Å². The Morgan fingerprint density at radius 2 is 1.52 bits per heavy atom. The first-order valence-corrected chi connectivity index (χ1v) is 8.39. The number of nitrogens with one attached hydrogen (secondary N) is 2. The molecule has 25 heavy (non-hydrogen) atoms. The molecule has 7 heteroatoms.